The van der Waals surface area contributed by atoms with E-state index in [4.69, 9.17) is 11.5 Å². The monoisotopic (exact) mass is 472 g/mol. The Hall–Kier alpha value is -2.25. The minimum absolute atomic E-state index is 0.00560. The summed E-state index contributed by atoms with van der Waals surface area (Å²) >= 11 is 0. The number of hydrogen-bond donors (Lipinski definition) is 3. The van der Waals surface area contributed by atoms with Gasteiger partial charge in [-0.3, -0.25) is 14.4 Å². The first-order chi connectivity index (χ1) is 16.4. The highest BCUT2D eigenvalue weighted by molar-refractivity contribution is 5.94. The standard InChI is InChI=1S/C27H44N4O3/c1-3-20(2)25(29)26(33)30-22(19-21-13-7-6-8-14-21)27(34)31(18-12-5-4-11-17-28)23-15-9-10-16-24(23)32/h6-8,13-14,20,22-23,25H,3-5,9-12,15-19,28-29H2,1-2H3,(H,30,33)/t20-,22+,23-,25-/m1/s1. The molecule has 190 valence electrons. The fraction of sp³-hybridized carbons (Fsp3) is 0.667. The zero-order valence-corrected chi connectivity index (χ0v) is 21.0. The van der Waals surface area contributed by atoms with Gasteiger partial charge in [0.2, 0.25) is 11.8 Å². The molecular weight excluding hydrogens is 428 g/mol. The largest absolute Gasteiger partial charge is 0.343 e. The summed E-state index contributed by atoms with van der Waals surface area (Å²) in [6.45, 7) is 5.10. The van der Waals surface area contributed by atoms with E-state index in [1.54, 1.807) is 4.90 Å². The Morgan fingerprint density at radius 2 is 1.82 bits per heavy atom. The summed E-state index contributed by atoms with van der Waals surface area (Å²) in [7, 11) is 0. The van der Waals surface area contributed by atoms with Crippen LogP contribution in [0.15, 0.2) is 30.3 Å². The van der Waals surface area contributed by atoms with Gasteiger partial charge >= 0.3 is 0 Å². The maximum absolute atomic E-state index is 13.9. The number of ketones is 1. The van der Waals surface area contributed by atoms with E-state index in [1.807, 2.05) is 44.2 Å². The molecule has 34 heavy (non-hydrogen) atoms. The van der Waals surface area contributed by atoms with Crippen molar-refractivity contribution in [1.82, 2.24) is 10.2 Å². The lowest BCUT2D eigenvalue weighted by Crippen LogP contribution is -2.58. The van der Waals surface area contributed by atoms with Crippen LogP contribution in [0.3, 0.4) is 0 Å². The molecule has 2 rings (SSSR count). The van der Waals surface area contributed by atoms with Crippen molar-refractivity contribution in [2.75, 3.05) is 13.1 Å². The van der Waals surface area contributed by atoms with Crippen LogP contribution in [-0.2, 0) is 20.8 Å². The average Bonchev–Trinajstić information content (AvgIpc) is 2.85. The molecule has 0 spiro atoms. The molecule has 0 radical (unpaired) electrons. The van der Waals surface area contributed by atoms with Crippen molar-refractivity contribution in [3.8, 4) is 0 Å². The van der Waals surface area contributed by atoms with Crippen molar-refractivity contribution in [3.63, 3.8) is 0 Å². The molecule has 0 heterocycles. The fourth-order valence-electron chi connectivity index (χ4n) is 4.52. The van der Waals surface area contributed by atoms with Gasteiger partial charge in [0.05, 0.1) is 12.1 Å². The second-order valence-electron chi connectivity index (χ2n) is 9.62. The Balaban J connectivity index is 2.25. The van der Waals surface area contributed by atoms with Gasteiger partial charge in [-0.2, -0.15) is 0 Å². The second-order valence-corrected chi connectivity index (χ2v) is 9.62. The normalized spacial score (nSPS) is 18.7. The molecular formula is C27H44N4O3. The van der Waals surface area contributed by atoms with E-state index in [9.17, 15) is 14.4 Å². The number of nitrogens with zero attached hydrogens (tertiary/aromatic N) is 1. The lowest BCUT2D eigenvalue weighted by Gasteiger charge is -2.36. The molecule has 1 aliphatic carbocycles. The molecule has 1 fully saturated rings. The number of rotatable bonds is 14. The zero-order valence-electron chi connectivity index (χ0n) is 21.0. The molecule has 5 N–H and O–H groups in total. The molecule has 0 aromatic heterocycles. The van der Waals surface area contributed by atoms with E-state index < -0.39 is 18.1 Å². The first kappa shape index (κ1) is 28.0. The van der Waals surface area contributed by atoms with Crippen LogP contribution in [-0.4, -0.2) is 53.7 Å². The van der Waals surface area contributed by atoms with E-state index in [2.05, 4.69) is 5.32 Å². The first-order valence-electron chi connectivity index (χ1n) is 13.0. The number of benzene rings is 1. The zero-order chi connectivity index (χ0) is 24.9. The highest BCUT2D eigenvalue weighted by Crippen LogP contribution is 2.22. The van der Waals surface area contributed by atoms with Crippen molar-refractivity contribution >= 4 is 17.6 Å². The van der Waals surface area contributed by atoms with Crippen LogP contribution >= 0.6 is 0 Å². The molecule has 1 aromatic carbocycles. The molecule has 1 aliphatic rings. The summed E-state index contributed by atoms with van der Waals surface area (Å²) in [5.41, 5.74) is 12.7. The van der Waals surface area contributed by atoms with Crippen LogP contribution in [0.4, 0.5) is 0 Å². The van der Waals surface area contributed by atoms with Crippen LogP contribution in [0.5, 0.6) is 0 Å². The molecule has 0 aliphatic heterocycles. The highest BCUT2D eigenvalue weighted by Gasteiger charge is 2.36. The summed E-state index contributed by atoms with van der Waals surface area (Å²) in [5.74, 6) is -0.372. The average molecular weight is 473 g/mol. The summed E-state index contributed by atoms with van der Waals surface area (Å²) in [5, 5.41) is 2.94. The first-order valence-corrected chi connectivity index (χ1v) is 13.0. The summed E-state index contributed by atoms with van der Waals surface area (Å²) in [6.07, 6.45) is 7.87. The van der Waals surface area contributed by atoms with Crippen LogP contribution in [0, 0.1) is 5.92 Å². The van der Waals surface area contributed by atoms with Crippen molar-refractivity contribution in [3.05, 3.63) is 35.9 Å². The molecule has 0 saturated heterocycles. The Labute approximate surface area is 205 Å². The number of nitrogens with one attached hydrogen (secondary N) is 1. The number of nitrogens with two attached hydrogens (primary N) is 2. The van der Waals surface area contributed by atoms with Crippen molar-refractivity contribution in [1.29, 1.82) is 0 Å². The predicted molar refractivity (Wildman–Crippen MR) is 136 cm³/mol. The Kier molecular flexibility index (Phi) is 12.3. The lowest BCUT2D eigenvalue weighted by molar-refractivity contribution is -0.144. The number of hydrogen-bond acceptors (Lipinski definition) is 5. The van der Waals surface area contributed by atoms with Gasteiger partial charge in [-0.1, -0.05) is 69.9 Å². The van der Waals surface area contributed by atoms with E-state index in [0.29, 0.717) is 32.4 Å². The van der Waals surface area contributed by atoms with Crippen LogP contribution in [0.1, 0.15) is 77.2 Å². The quantitative estimate of drug-likeness (QED) is 0.360. The van der Waals surface area contributed by atoms with Crippen molar-refractivity contribution in [2.24, 2.45) is 17.4 Å². The van der Waals surface area contributed by atoms with Gasteiger partial charge in [-0.25, -0.2) is 0 Å². The van der Waals surface area contributed by atoms with Crippen LogP contribution in [0.25, 0.3) is 0 Å². The maximum Gasteiger partial charge on any atom is 0.246 e. The van der Waals surface area contributed by atoms with Gasteiger partial charge in [-0.05, 0) is 43.7 Å². The molecule has 0 bridgehead atoms. The Morgan fingerprint density at radius 3 is 2.47 bits per heavy atom. The number of amides is 2. The third-order valence-corrected chi connectivity index (χ3v) is 6.99. The number of carbonyl (C=O) groups excluding carboxylic acids is 3. The van der Waals surface area contributed by atoms with Crippen LogP contribution in [0.2, 0.25) is 0 Å². The molecule has 0 unspecified atom stereocenters. The van der Waals surface area contributed by atoms with Gasteiger partial charge < -0.3 is 21.7 Å². The Morgan fingerprint density at radius 1 is 1.12 bits per heavy atom. The smallest absolute Gasteiger partial charge is 0.246 e. The topological polar surface area (TPSA) is 119 Å². The molecule has 1 aromatic rings. The minimum atomic E-state index is -0.760. The number of unbranched alkanes of at least 4 members (excludes halogenated alkanes) is 3. The minimum Gasteiger partial charge on any atom is -0.343 e. The molecule has 7 heteroatoms. The molecule has 7 nitrogen and oxygen atoms in total. The SMILES string of the molecule is CC[C@@H](C)[C@@H](N)C(=O)N[C@@H](Cc1ccccc1)C(=O)N(CCCCCCN)[C@@H]1CCCCC1=O. The van der Waals surface area contributed by atoms with Gasteiger partial charge in [0, 0.05) is 19.4 Å². The van der Waals surface area contributed by atoms with E-state index in [0.717, 1.165) is 50.5 Å². The van der Waals surface area contributed by atoms with Crippen LogP contribution < -0.4 is 16.8 Å². The number of Topliss-reactive ketones (excluding diaryl/α,β-unsaturated/α-hetero) is 1. The van der Waals surface area contributed by atoms with E-state index in [-0.39, 0.29) is 23.5 Å². The third-order valence-electron chi connectivity index (χ3n) is 6.99. The summed E-state index contributed by atoms with van der Waals surface area (Å²) in [6, 6.07) is 7.81. The molecule has 2 amide bonds. The van der Waals surface area contributed by atoms with Gasteiger partial charge in [0.1, 0.15) is 6.04 Å². The molecule has 4 atom stereocenters. The maximum atomic E-state index is 13.9. The van der Waals surface area contributed by atoms with Crippen molar-refractivity contribution in [2.45, 2.75) is 96.2 Å². The fourth-order valence-corrected chi connectivity index (χ4v) is 4.52. The van der Waals surface area contributed by atoms with E-state index in [1.165, 1.54) is 0 Å². The van der Waals surface area contributed by atoms with Crippen molar-refractivity contribution < 1.29 is 14.4 Å². The third kappa shape index (κ3) is 8.51. The summed E-state index contributed by atoms with van der Waals surface area (Å²) < 4.78 is 0. The van der Waals surface area contributed by atoms with E-state index >= 15 is 0 Å². The van der Waals surface area contributed by atoms with Gasteiger partial charge in [0.15, 0.2) is 5.78 Å². The second kappa shape index (κ2) is 14.9. The number of carbonyl (C=O) groups is 3. The lowest BCUT2D eigenvalue weighted by atomic mass is 9.91. The van der Waals surface area contributed by atoms with Gasteiger partial charge in [-0.15, -0.1) is 0 Å². The predicted octanol–water partition coefficient (Wildman–Crippen LogP) is 2.95. The molecule has 1 saturated carbocycles. The Bertz CT molecular complexity index is 770. The van der Waals surface area contributed by atoms with Gasteiger partial charge in [0.25, 0.3) is 0 Å². The summed E-state index contributed by atoms with van der Waals surface area (Å²) in [4.78, 5) is 41.4. The highest BCUT2D eigenvalue weighted by atomic mass is 16.2.